The lowest BCUT2D eigenvalue weighted by Gasteiger charge is -2.16. The highest BCUT2D eigenvalue weighted by Gasteiger charge is 2.12. The highest BCUT2D eigenvalue weighted by molar-refractivity contribution is 9.10. The van der Waals surface area contributed by atoms with Gasteiger partial charge in [0.2, 0.25) is 0 Å². The number of halogens is 1. The van der Waals surface area contributed by atoms with Crippen molar-refractivity contribution in [2.45, 2.75) is 13.0 Å². The van der Waals surface area contributed by atoms with Gasteiger partial charge in [-0.15, -0.1) is 5.10 Å². The van der Waals surface area contributed by atoms with Crippen LogP contribution in [0.15, 0.2) is 57.9 Å². The van der Waals surface area contributed by atoms with E-state index in [4.69, 9.17) is 4.42 Å². The Morgan fingerprint density at radius 1 is 1.25 bits per heavy atom. The highest BCUT2D eigenvalue weighted by Crippen LogP contribution is 2.26. The summed E-state index contributed by atoms with van der Waals surface area (Å²) < 4.78 is 8.02. The Balaban J connectivity index is 1.88. The summed E-state index contributed by atoms with van der Waals surface area (Å²) >= 11 is 3.32. The van der Waals surface area contributed by atoms with Gasteiger partial charge in [-0.25, -0.2) is 4.68 Å². The number of hydrogen-bond donors (Lipinski definition) is 1. The van der Waals surface area contributed by atoms with E-state index < -0.39 is 0 Å². The maximum Gasteiger partial charge on any atom is 0.169 e. The molecule has 20 heavy (non-hydrogen) atoms. The second-order valence-corrected chi connectivity index (χ2v) is 5.15. The van der Waals surface area contributed by atoms with Gasteiger partial charge in [-0.3, -0.25) is 0 Å². The molecule has 1 atom stereocenters. The lowest BCUT2D eigenvalue weighted by Crippen LogP contribution is -2.09. The molecule has 0 bridgehead atoms. The Bertz CT molecular complexity index is 693. The number of anilines is 1. The van der Waals surface area contributed by atoms with Gasteiger partial charge in [0.1, 0.15) is 5.76 Å². The van der Waals surface area contributed by atoms with E-state index in [1.165, 1.54) is 0 Å². The normalized spacial score (nSPS) is 12.3. The first-order chi connectivity index (χ1) is 9.74. The molecule has 0 aliphatic carbocycles. The molecule has 3 rings (SSSR count). The van der Waals surface area contributed by atoms with Gasteiger partial charge < -0.3 is 9.73 Å². The summed E-state index contributed by atoms with van der Waals surface area (Å²) in [5.74, 6) is 0.866. The molecule has 0 aliphatic heterocycles. The number of furan rings is 1. The summed E-state index contributed by atoms with van der Waals surface area (Å²) in [6.07, 6.45) is 3.47. The molecule has 0 amide bonds. The third kappa shape index (κ3) is 2.60. The molecule has 0 spiro atoms. The lowest BCUT2D eigenvalue weighted by atomic mass is 10.2. The molecule has 3 aromatic rings. The van der Waals surface area contributed by atoms with Crippen molar-refractivity contribution in [1.82, 2.24) is 15.0 Å². The molecule has 6 heteroatoms. The predicted molar refractivity (Wildman–Crippen MR) is 79.8 cm³/mol. The van der Waals surface area contributed by atoms with E-state index in [0.29, 0.717) is 0 Å². The molecule has 1 aromatic carbocycles. The van der Waals surface area contributed by atoms with E-state index in [0.717, 1.165) is 21.8 Å². The average molecular weight is 333 g/mol. The number of aromatic nitrogens is 3. The minimum absolute atomic E-state index is 0.0472. The van der Waals surface area contributed by atoms with Crippen LogP contribution in [0.5, 0.6) is 0 Å². The van der Waals surface area contributed by atoms with Crippen molar-refractivity contribution < 1.29 is 4.42 Å². The van der Waals surface area contributed by atoms with Crippen molar-refractivity contribution in [2.75, 3.05) is 5.32 Å². The van der Waals surface area contributed by atoms with Crippen LogP contribution < -0.4 is 5.32 Å². The Labute approximate surface area is 124 Å². The highest BCUT2D eigenvalue weighted by atomic mass is 79.9. The second kappa shape index (κ2) is 5.50. The number of hydrogen-bond acceptors (Lipinski definition) is 4. The zero-order valence-electron chi connectivity index (χ0n) is 10.8. The van der Waals surface area contributed by atoms with Crippen LogP contribution in [0.2, 0.25) is 0 Å². The molecular weight excluding hydrogens is 320 g/mol. The molecule has 1 N–H and O–H groups in total. The minimum Gasteiger partial charge on any atom is -0.452 e. The van der Waals surface area contributed by atoms with Crippen molar-refractivity contribution in [3.8, 4) is 5.69 Å². The molecule has 2 heterocycles. The van der Waals surface area contributed by atoms with Crippen molar-refractivity contribution in [3.05, 3.63) is 59.2 Å². The number of nitrogens with one attached hydrogen (secondary N) is 1. The van der Waals surface area contributed by atoms with Crippen molar-refractivity contribution in [2.24, 2.45) is 0 Å². The molecule has 5 nitrogen and oxygen atoms in total. The van der Waals surface area contributed by atoms with Gasteiger partial charge in [-0.2, -0.15) is 0 Å². The fourth-order valence-electron chi connectivity index (χ4n) is 2.00. The summed E-state index contributed by atoms with van der Waals surface area (Å²) in [7, 11) is 0. The second-order valence-electron chi connectivity index (χ2n) is 4.37. The summed E-state index contributed by atoms with van der Waals surface area (Å²) in [6.45, 7) is 2.05. The SMILES string of the molecule is CC(Nc1ccccc1-n1ccnn1)c1ccc(Br)o1. The van der Waals surface area contributed by atoms with Gasteiger partial charge in [0.15, 0.2) is 4.67 Å². The van der Waals surface area contributed by atoms with E-state index in [2.05, 4.69) is 31.6 Å². The molecule has 0 radical (unpaired) electrons. The largest absolute Gasteiger partial charge is 0.452 e. The fraction of sp³-hybridized carbons (Fsp3) is 0.143. The van der Waals surface area contributed by atoms with E-state index in [1.54, 1.807) is 10.9 Å². The smallest absolute Gasteiger partial charge is 0.169 e. The third-order valence-corrected chi connectivity index (χ3v) is 3.39. The predicted octanol–water partition coefficient (Wildman–Crippen LogP) is 3.80. The first kappa shape index (κ1) is 12.9. The van der Waals surface area contributed by atoms with Crippen LogP contribution in [-0.2, 0) is 0 Å². The molecule has 0 saturated heterocycles. The van der Waals surface area contributed by atoms with E-state index in [-0.39, 0.29) is 6.04 Å². The Morgan fingerprint density at radius 2 is 2.10 bits per heavy atom. The molecule has 1 unspecified atom stereocenters. The minimum atomic E-state index is 0.0472. The zero-order valence-corrected chi connectivity index (χ0v) is 12.4. The van der Waals surface area contributed by atoms with Crippen LogP contribution in [0.25, 0.3) is 5.69 Å². The number of nitrogens with zero attached hydrogens (tertiary/aromatic N) is 3. The number of benzene rings is 1. The van der Waals surface area contributed by atoms with E-state index in [1.807, 2.05) is 49.5 Å². The molecule has 2 aromatic heterocycles. The van der Waals surface area contributed by atoms with Crippen molar-refractivity contribution in [3.63, 3.8) is 0 Å². The standard InChI is InChI=1S/C14H13BrN4O/c1-10(13-6-7-14(15)20-13)17-11-4-2-3-5-12(11)19-9-8-16-18-19/h2-10,17H,1H3. The van der Waals surface area contributed by atoms with Gasteiger partial charge in [-0.05, 0) is 47.1 Å². The van der Waals surface area contributed by atoms with E-state index in [9.17, 15) is 0 Å². The van der Waals surface area contributed by atoms with E-state index >= 15 is 0 Å². The van der Waals surface area contributed by atoms with Crippen LogP contribution >= 0.6 is 15.9 Å². The molecule has 102 valence electrons. The maximum absolute atomic E-state index is 5.57. The molecular formula is C14H13BrN4O. The van der Waals surface area contributed by atoms with Gasteiger partial charge in [-0.1, -0.05) is 17.3 Å². The summed E-state index contributed by atoms with van der Waals surface area (Å²) in [5, 5.41) is 11.3. The Morgan fingerprint density at radius 3 is 2.80 bits per heavy atom. The van der Waals surface area contributed by atoms with Crippen LogP contribution in [0, 0.1) is 0 Å². The van der Waals surface area contributed by atoms with Gasteiger partial charge in [0.25, 0.3) is 0 Å². The summed E-state index contributed by atoms with van der Waals surface area (Å²) in [6, 6.07) is 11.8. The first-order valence-corrected chi connectivity index (χ1v) is 7.01. The monoisotopic (exact) mass is 332 g/mol. The zero-order chi connectivity index (χ0) is 13.9. The topological polar surface area (TPSA) is 55.9 Å². The fourth-order valence-corrected chi connectivity index (χ4v) is 2.32. The molecule has 0 saturated carbocycles. The van der Waals surface area contributed by atoms with Crippen LogP contribution in [-0.4, -0.2) is 15.0 Å². The van der Waals surface area contributed by atoms with Crippen LogP contribution in [0.3, 0.4) is 0 Å². The summed E-state index contributed by atoms with van der Waals surface area (Å²) in [4.78, 5) is 0. The van der Waals surface area contributed by atoms with Crippen molar-refractivity contribution >= 4 is 21.6 Å². The van der Waals surface area contributed by atoms with Crippen molar-refractivity contribution in [1.29, 1.82) is 0 Å². The van der Waals surface area contributed by atoms with Gasteiger partial charge >= 0.3 is 0 Å². The number of rotatable bonds is 4. The van der Waals surface area contributed by atoms with Gasteiger partial charge in [0, 0.05) is 0 Å². The lowest BCUT2D eigenvalue weighted by molar-refractivity contribution is 0.471. The Hall–Kier alpha value is -2.08. The van der Waals surface area contributed by atoms with Gasteiger partial charge in [0.05, 0.1) is 29.8 Å². The average Bonchev–Trinajstić information content (AvgIpc) is 3.10. The quantitative estimate of drug-likeness (QED) is 0.789. The molecule has 0 fully saturated rings. The van der Waals surface area contributed by atoms with Crippen LogP contribution in [0.4, 0.5) is 5.69 Å². The molecule has 0 aliphatic rings. The van der Waals surface area contributed by atoms with Crippen LogP contribution in [0.1, 0.15) is 18.7 Å². The third-order valence-electron chi connectivity index (χ3n) is 2.97. The number of para-hydroxylation sites is 2. The maximum atomic E-state index is 5.57. The summed E-state index contributed by atoms with van der Waals surface area (Å²) in [5.41, 5.74) is 1.92. The Kier molecular flexibility index (Phi) is 3.56. The first-order valence-electron chi connectivity index (χ1n) is 6.21.